The summed E-state index contributed by atoms with van der Waals surface area (Å²) in [4.78, 5) is 30.0. The molecule has 45 heavy (non-hydrogen) atoms. The molecule has 3 aliphatic rings. The second-order valence-corrected chi connectivity index (χ2v) is 13.6. The van der Waals surface area contributed by atoms with Crippen molar-refractivity contribution < 1.29 is 38.7 Å². The van der Waals surface area contributed by atoms with E-state index in [0.717, 1.165) is 31.5 Å². The van der Waals surface area contributed by atoms with Gasteiger partial charge in [0.25, 0.3) is 0 Å². The molecule has 0 aliphatic carbocycles. The number of ether oxygens (including phenoxy) is 4. The first-order valence-corrected chi connectivity index (χ1v) is 16.7. The van der Waals surface area contributed by atoms with Gasteiger partial charge < -0.3 is 39.0 Å². The number of carbonyl (C=O) groups is 2. The van der Waals surface area contributed by atoms with Gasteiger partial charge in [-0.25, -0.2) is 4.79 Å². The summed E-state index contributed by atoms with van der Waals surface area (Å²) in [7, 11) is 3.61. The van der Waals surface area contributed by atoms with Crippen LogP contribution >= 0.6 is 0 Å². The fourth-order valence-electron chi connectivity index (χ4n) is 6.17. The maximum absolute atomic E-state index is 13.2. The van der Waals surface area contributed by atoms with Gasteiger partial charge in [0.1, 0.15) is 11.7 Å². The molecule has 1 amide bonds. The van der Waals surface area contributed by atoms with E-state index in [4.69, 9.17) is 18.9 Å². The summed E-state index contributed by atoms with van der Waals surface area (Å²) in [5.74, 6) is -0.316. The monoisotopic (exact) mass is 634 g/mol. The fraction of sp³-hybridized carbons (Fsp3) is 0.771. The molecule has 0 spiro atoms. The van der Waals surface area contributed by atoms with E-state index < -0.39 is 36.0 Å². The molecule has 0 aromatic carbocycles. The zero-order valence-electron chi connectivity index (χ0n) is 28.7. The van der Waals surface area contributed by atoms with Crippen LogP contribution < -0.4 is 0 Å². The highest BCUT2D eigenvalue weighted by atomic mass is 16.6. The number of nitrogens with zero attached hydrogens (tertiary/aromatic N) is 2. The zero-order valence-corrected chi connectivity index (χ0v) is 28.7. The van der Waals surface area contributed by atoms with E-state index in [-0.39, 0.29) is 48.9 Å². The van der Waals surface area contributed by atoms with E-state index in [0.29, 0.717) is 19.5 Å². The summed E-state index contributed by atoms with van der Waals surface area (Å²) in [5, 5.41) is 20.8. The Morgan fingerprint density at radius 1 is 1.22 bits per heavy atom. The lowest BCUT2D eigenvalue weighted by Gasteiger charge is -2.38. The number of epoxide rings is 1. The second-order valence-electron chi connectivity index (χ2n) is 13.6. The molecular weight excluding hydrogens is 576 g/mol. The fourth-order valence-corrected chi connectivity index (χ4v) is 6.17. The average molecular weight is 635 g/mol. The lowest BCUT2D eigenvalue weighted by Crippen LogP contribution is -2.50. The molecular formula is C35H58N2O8. The minimum Gasteiger partial charge on any atom is -0.457 e. The molecule has 10 atom stereocenters. The van der Waals surface area contributed by atoms with Gasteiger partial charge in [0.15, 0.2) is 6.10 Å². The molecule has 256 valence electrons. The Hall–Kier alpha value is -2.24. The van der Waals surface area contributed by atoms with Crippen LogP contribution in [0.4, 0.5) is 4.79 Å². The average Bonchev–Trinajstić information content (AvgIpc) is 3.77. The minimum absolute atomic E-state index is 0.108. The molecule has 3 aliphatic heterocycles. The quantitative estimate of drug-likeness (QED) is 0.155. The first kappa shape index (κ1) is 37.2. The van der Waals surface area contributed by atoms with Crippen LogP contribution in [-0.4, -0.2) is 115 Å². The Labute approximate surface area is 270 Å². The van der Waals surface area contributed by atoms with Gasteiger partial charge in [-0.15, -0.1) is 0 Å². The molecule has 10 nitrogen and oxygen atoms in total. The lowest BCUT2D eigenvalue weighted by atomic mass is 9.88. The van der Waals surface area contributed by atoms with Crippen molar-refractivity contribution in [2.24, 2.45) is 17.8 Å². The van der Waals surface area contributed by atoms with E-state index in [9.17, 15) is 19.8 Å². The maximum atomic E-state index is 13.2. The van der Waals surface area contributed by atoms with Crippen LogP contribution in [0.1, 0.15) is 73.6 Å². The third-order valence-electron chi connectivity index (χ3n) is 9.78. The van der Waals surface area contributed by atoms with E-state index in [1.165, 1.54) is 0 Å². The highest BCUT2D eigenvalue weighted by Gasteiger charge is 2.45. The van der Waals surface area contributed by atoms with Crippen molar-refractivity contribution in [1.29, 1.82) is 0 Å². The number of methoxy groups -OCH3 is 1. The van der Waals surface area contributed by atoms with E-state index >= 15 is 0 Å². The Bertz CT molecular complexity index is 1050. The predicted molar refractivity (Wildman–Crippen MR) is 174 cm³/mol. The minimum atomic E-state index is -0.917. The molecule has 3 heterocycles. The Morgan fingerprint density at radius 2 is 1.91 bits per heavy atom. The normalized spacial score (nSPS) is 35.1. The van der Waals surface area contributed by atoms with Crippen molar-refractivity contribution in [3.63, 3.8) is 0 Å². The molecule has 2 fully saturated rings. The molecule has 0 unspecified atom stereocenters. The van der Waals surface area contributed by atoms with Crippen LogP contribution in [0, 0.1) is 17.8 Å². The molecule has 0 saturated carbocycles. The maximum Gasteiger partial charge on any atom is 0.410 e. The Morgan fingerprint density at radius 3 is 2.56 bits per heavy atom. The van der Waals surface area contributed by atoms with Crippen LogP contribution in [0.25, 0.3) is 0 Å². The molecule has 10 heteroatoms. The first-order valence-electron chi connectivity index (χ1n) is 16.7. The number of carbonyl (C=O) groups excluding carboxylic acids is 2. The van der Waals surface area contributed by atoms with Crippen molar-refractivity contribution in [2.45, 2.75) is 116 Å². The van der Waals surface area contributed by atoms with Crippen LogP contribution in [0.5, 0.6) is 0 Å². The number of esters is 1. The Kier molecular flexibility index (Phi) is 14.1. The number of allylic oxidation sites excluding steroid dienone is 3. The van der Waals surface area contributed by atoms with Gasteiger partial charge in [-0.2, -0.15) is 0 Å². The van der Waals surface area contributed by atoms with Gasteiger partial charge in [-0.05, 0) is 64.1 Å². The number of hydrogen-bond acceptors (Lipinski definition) is 9. The summed E-state index contributed by atoms with van der Waals surface area (Å²) in [6, 6.07) is 0. The van der Waals surface area contributed by atoms with Gasteiger partial charge in [-0.1, -0.05) is 52.0 Å². The number of likely N-dealkylation sites (N-methyl/N-ethyl adjacent to an activating group) is 1. The summed E-state index contributed by atoms with van der Waals surface area (Å²) in [6.45, 7) is 14.7. The Balaban J connectivity index is 1.74. The van der Waals surface area contributed by atoms with Gasteiger partial charge in [0.05, 0.1) is 30.8 Å². The highest BCUT2D eigenvalue weighted by Crippen LogP contribution is 2.36. The predicted octanol–water partition coefficient (Wildman–Crippen LogP) is 4.50. The molecule has 2 N–H and O–H groups in total. The second kappa shape index (κ2) is 17.1. The molecule has 0 radical (unpaired) electrons. The van der Waals surface area contributed by atoms with Gasteiger partial charge >= 0.3 is 12.1 Å². The van der Waals surface area contributed by atoms with Crippen molar-refractivity contribution in [1.82, 2.24) is 9.80 Å². The number of hydrogen-bond donors (Lipinski definition) is 2. The van der Waals surface area contributed by atoms with Crippen LogP contribution in [0.15, 0.2) is 36.0 Å². The SMILES string of the molecule is CC[C@H](O)[C@@H](C)[C@@H]1O[C@@H]1C[C@H](C)/C=C/C=C(\C)[C@H]1OC(=O)C[C@H](O)CC[C@@](C)(OC)[C@@H](OC(=O)N2CCN(C)CC2)/C=C\[C@@H]1C. The van der Waals surface area contributed by atoms with Crippen molar-refractivity contribution >= 4 is 12.1 Å². The molecule has 2 saturated heterocycles. The largest absolute Gasteiger partial charge is 0.457 e. The molecule has 0 aromatic heterocycles. The molecule has 3 rings (SSSR count). The number of piperazine rings is 1. The molecule has 0 bridgehead atoms. The topological polar surface area (TPSA) is 121 Å². The van der Waals surface area contributed by atoms with E-state index in [2.05, 4.69) is 17.9 Å². The van der Waals surface area contributed by atoms with Crippen molar-refractivity contribution in [2.75, 3.05) is 40.3 Å². The van der Waals surface area contributed by atoms with Crippen LogP contribution in [0.3, 0.4) is 0 Å². The summed E-state index contributed by atoms with van der Waals surface area (Å²) >= 11 is 0. The highest BCUT2D eigenvalue weighted by molar-refractivity contribution is 5.70. The number of cyclic esters (lactones) is 1. The summed E-state index contributed by atoms with van der Waals surface area (Å²) in [5.41, 5.74) is -0.0467. The first-order chi connectivity index (χ1) is 21.3. The van der Waals surface area contributed by atoms with Crippen molar-refractivity contribution in [3.05, 3.63) is 36.0 Å². The molecule has 0 aromatic rings. The van der Waals surface area contributed by atoms with Gasteiger partial charge in [0.2, 0.25) is 0 Å². The third kappa shape index (κ3) is 10.9. The smallest absolute Gasteiger partial charge is 0.410 e. The standard InChI is InChI=1S/C35H58N2O8/c1-9-28(39)26(5)33-29(43-33)21-23(2)11-10-12-24(3)32-25(4)13-14-30(44-34(41)37-19-17-36(7)18-20-37)35(6,42-8)16-15-27(38)22-31(40)45-32/h10-14,23,25-30,32-33,38-39H,9,15-22H2,1-8H3/b11-10+,14-13-,24-12+/t23-,25+,26-,27-,28+,29-,30+,32-,33+,35-/m1/s1. The lowest BCUT2D eigenvalue weighted by molar-refractivity contribution is -0.151. The number of aliphatic hydroxyl groups is 2. The van der Waals surface area contributed by atoms with Crippen molar-refractivity contribution in [3.8, 4) is 0 Å². The van der Waals surface area contributed by atoms with E-state index in [1.807, 2.05) is 66.0 Å². The summed E-state index contributed by atoms with van der Waals surface area (Å²) < 4.78 is 23.7. The number of aliphatic hydroxyl groups excluding tert-OH is 2. The van der Waals surface area contributed by atoms with Gasteiger partial charge in [0, 0.05) is 45.1 Å². The summed E-state index contributed by atoms with van der Waals surface area (Å²) in [6.07, 6.45) is 9.28. The third-order valence-corrected chi connectivity index (χ3v) is 9.78. The van der Waals surface area contributed by atoms with E-state index in [1.54, 1.807) is 12.0 Å². The number of amides is 1. The van der Waals surface area contributed by atoms with Gasteiger partial charge in [-0.3, -0.25) is 4.79 Å². The van der Waals surface area contributed by atoms with Crippen LogP contribution in [-0.2, 0) is 23.7 Å². The zero-order chi connectivity index (χ0) is 33.3. The van der Waals surface area contributed by atoms with Crippen LogP contribution in [0.2, 0.25) is 0 Å². The number of rotatable bonds is 10.